The van der Waals surface area contributed by atoms with Crippen molar-refractivity contribution in [1.82, 2.24) is 24.6 Å². The third-order valence-electron chi connectivity index (χ3n) is 5.32. The second-order valence-corrected chi connectivity index (χ2v) is 7.25. The fourth-order valence-corrected chi connectivity index (χ4v) is 3.65. The van der Waals surface area contributed by atoms with Gasteiger partial charge in [0, 0.05) is 50.9 Å². The molecule has 0 bridgehead atoms. The van der Waals surface area contributed by atoms with Crippen LogP contribution in [0.2, 0.25) is 0 Å². The van der Waals surface area contributed by atoms with Gasteiger partial charge in [-0.05, 0) is 30.3 Å². The molecule has 1 saturated heterocycles. The molecule has 0 radical (unpaired) electrons. The maximum Gasteiger partial charge on any atom is 0.316 e. The van der Waals surface area contributed by atoms with Crippen molar-refractivity contribution in [2.24, 2.45) is 7.05 Å². The number of amides is 1. The van der Waals surface area contributed by atoms with E-state index in [2.05, 4.69) is 15.1 Å². The molecule has 1 aromatic carbocycles. The van der Waals surface area contributed by atoms with Gasteiger partial charge in [-0.1, -0.05) is 0 Å². The molecular formula is C22H25N5O4. The van der Waals surface area contributed by atoms with Crippen molar-refractivity contribution in [3.63, 3.8) is 0 Å². The van der Waals surface area contributed by atoms with Gasteiger partial charge in [-0.25, -0.2) is 9.97 Å². The molecule has 0 saturated carbocycles. The molecular weight excluding hydrogens is 398 g/mol. The summed E-state index contributed by atoms with van der Waals surface area (Å²) in [6.07, 6.45) is 4.74. The Bertz CT molecular complexity index is 1050. The van der Waals surface area contributed by atoms with Gasteiger partial charge in [0.2, 0.25) is 0 Å². The van der Waals surface area contributed by atoms with Crippen molar-refractivity contribution < 1.29 is 19.0 Å². The molecule has 0 atom stereocenters. The Balaban J connectivity index is 1.46. The lowest BCUT2D eigenvalue weighted by molar-refractivity contribution is 0.0569. The molecule has 1 fully saturated rings. The molecule has 3 aromatic rings. The van der Waals surface area contributed by atoms with Gasteiger partial charge >= 0.3 is 6.01 Å². The van der Waals surface area contributed by atoms with E-state index in [1.54, 1.807) is 50.5 Å². The number of rotatable bonds is 6. The highest BCUT2D eigenvalue weighted by Crippen LogP contribution is 2.33. The van der Waals surface area contributed by atoms with Crippen LogP contribution >= 0.6 is 0 Å². The Kier molecular flexibility index (Phi) is 6.01. The van der Waals surface area contributed by atoms with Crippen LogP contribution in [0, 0.1) is 0 Å². The Labute approximate surface area is 180 Å². The number of piperidine rings is 1. The minimum absolute atomic E-state index is 0.00501. The fraction of sp³-hybridized carbons (Fsp3) is 0.364. The summed E-state index contributed by atoms with van der Waals surface area (Å²) in [5, 5.41) is 4.54. The van der Waals surface area contributed by atoms with Crippen LogP contribution in [0.1, 0.15) is 23.3 Å². The lowest BCUT2D eigenvalue weighted by Crippen LogP contribution is -2.42. The van der Waals surface area contributed by atoms with Gasteiger partial charge in [-0.2, -0.15) is 5.10 Å². The molecule has 162 valence electrons. The van der Waals surface area contributed by atoms with Crippen LogP contribution in [0.3, 0.4) is 0 Å². The predicted octanol–water partition coefficient (Wildman–Crippen LogP) is 2.58. The number of carbonyl (C=O) groups is 1. The zero-order chi connectivity index (χ0) is 21.8. The van der Waals surface area contributed by atoms with Gasteiger partial charge < -0.3 is 19.1 Å². The van der Waals surface area contributed by atoms with E-state index in [1.807, 2.05) is 23.1 Å². The quantitative estimate of drug-likeness (QED) is 0.602. The zero-order valence-corrected chi connectivity index (χ0v) is 17.8. The summed E-state index contributed by atoms with van der Waals surface area (Å²) in [4.78, 5) is 23.2. The van der Waals surface area contributed by atoms with Gasteiger partial charge in [-0.15, -0.1) is 0 Å². The Morgan fingerprint density at radius 1 is 1.06 bits per heavy atom. The van der Waals surface area contributed by atoms with E-state index < -0.39 is 0 Å². The summed E-state index contributed by atoms with van der Waals surface area (Å²) in [6, 6.07) is 9.41. The largest absolute Gasteiger partial charge is 0.497 e. The lowest BCUT2D eigenvalue weighted by atomic mass is 10.1. The number of hydrogen-bond donors (Lipinski definition) is 0. The number of aromatic nitrogens is 4. The summed E-state index contributed by atoms with van der Waals surface area (Å²) in [5.41, 5.74) is 1.94. The lowest BCUT2D eigenvalue weighted by Gasteiger charge is -2.31. The highest BCUT2D eigenvalue weighted by Gasteiger charge is 2.27. The topological polar surface area (TPSA) is 91.6 Å². The number of nitrogens with zero attached hydrogens (tertiary/aromatic N) is 5. The van der Waals surface area contributed by atoms with Crippen LogP contribution in [0.15, 0.2) is 42.7 Å². The van der Waals surface area contributed by atoms with Crippen LogP contribution in [-0.4, -0.2) is 64.0 Å². The van der Waals surface area contributed by atoms with Gasteiger partial charge in [0.15, 0.2) is 0 Å². The smallest absolute Gasteiger partial charge is 0.316 e. The molecule has 4 rings (SSSR count). The second kappa shape index (κ2) is 9.03. The second-order valence-electron chi connectivity index (χ2n) is 7.25. The van der Waals surface area contributed by atoms with Gasteiger partial charge in [0.05, 0.1) is 19.9 Å². The molecule has 0 unspecified atom stereocenters. The molecule has 2 aromatic heterocycles. The first-order valence-corrected chi connectivity index (χ1v) is 10.1. The first-order chi connectivity index (χ1) is 15.1. The minimum Gasteiger partial charge on any atom is -0.497 e. The summed E-state index contributed by atoms with van der Waals surface area (Å²) in [5.74, 6) is 1.30. The molecule has 0 aliphatic carbocycles. The molecule has 0 spiro atoms. The van der Waals surface area contributed by atoms with E-state index in [0.717, 1.165) is 18.4 Å². The average Bonchev–Trinajstić information content (AvgIpc) is 3.20. The number of carbonyl (C=O) groups excluding carboxylic acids is 1. The van der Waals surface area contributed by atoms with Crippen LogP contribution < -0.4 is 14.2 Å². The first-order valence-electron chi connectivity index (χ1n) is 10.1. The van der Waals surface area contributed by atoms with Crippen molar-refractivity contribution in [3.05, 3.63) is 48.4 Å². The van der Waals surface area contributed by atoms with E-state index in [1.165, 1.54) is 0 Å². The van der Waals surface area contributed by atoms with Gasteiger partial charge in [0.1, 0.15) is 23.3 Å². The molecule has 1 amide bonds. The van der Waals surface area contributed by atoms with Gasteiger partial charge in [0.25, 0.3) is 5.91 Å². The van der Waals surface area contributed by atoms with E-state index in [0.29, 0.717) is 42.0 Å². The first kappa shape index (κ1) is 20.6. The maximum absolute atomic E-state index is 13.2. The Morgan fingerprint density at radius 2 is 1.81 bits per heavy atom. The highest BCUT2D eigenvalue weighted by atomic mass is 16.5. The normalized spacial score (nSPS) is 14.4. The average molecular weight is 423 g/mol. The van der Waals surface area contributed by atoms with E-state index >= 15 is 0 Å². The molecule has 0 N–H and O–H groups in total. The van der Waals surface area contributed by atoms with E-state index in [9.17, 15) is 4.79 Å². The van der Waals surface area contributed by atoms with Crippen molar-refractivity contribution in [2.75, 3.05) is 27.3 Å². The van der Waals surface area contributed by atoms with Gasteiger partial charge in [-0.3, -0.25) is 9.48 Å². The van der Waals surface area contributed by atoms with Crippen molar-refractivity contribution in [2.45, 2.75) is 18.9 Å². The maximum atomic E-state index is 13.2. The SMILES string of the molecule is COc1ccc(OC)c(-c2cc(C(=O)N3CCC(Oc4ncccn4)CC3)n(C)n2)c1. The van der Waals surface area contributed by atoms with Crippen molar-refractivity contribution in [1.29, 1.82) is 0 Å². The molecule has 31 heavy (non-hydrogen) atoms. The molecule has 9 nitrogen and oxygen atoms in total. The Morgan fingerprint density at radius 3 is 2.48 bits per heavy atom. The number of methoxy groups -OCH3 is 2. The molecule has 1 aliphatic rings. The summed E-state index contributed by atoms with van der Waals surface area (Å²) in [6.45, 7) is 1.19. The summed E-state index contributed by atoms with van der Waals surface area (Å²) < 4.78 is 18.2. The van der Waals surface area contributed by atoms with Crippen LogP contribution in [-0.2, 0) is 7.05 Å². The van der Waals surface area contributed by atoms with E-state index in [-0.39, 0.29) is 12.0 Å². The molecule has 3 heterocycles. The third-order valence-corrected chi connectivity index (χ3v) is 5.32. The molecule has 1 aliphatic heterocycles. The summed E-state index contributed by atoms with van der Waals surface area (Å²) in [7, 11) is 4.98. The Hall–Kier alpha value is -3.62. The predicted molar refractivity (Wildman–Crippen MR) is 113 cm³/mol. The number of ether oxygens (including phenoxy) is 3. The third kappa shape index (κ3) is 4.45. The minimum atomic E-state index is -0.0578. The molecule has 9 heteroatoms. The van der Waals surface area contributed by atoms with Crippen LogP contribution in [0.5, 0.6) is 17.5 Å². The summed E-state index contributed by atoms with van der Waals surface area (Å²) >= 11 is 0. The number of aryl methyl sites for hydroxylation is 1. The fourth-order valence-electron chi connectivity index (χ4n) is 3.65. The standard InChI is InChI=1S/C22H25N5O4/c1-26-19(14-18(25-26)17-13-16(29-2)5-6-20(17)30-3)21(28)27-11-7-15(8-12-27)31-22-23-9-4-10-24-22/h4-6,9-10,13-15H,7-8,11-12H2,1-3H3. The van der Waals surface area contributed by atoms with Crippen LogP contribution in [0.4, 0.5) is 0 Å². The number of hydrogen-bond acceptors (Lipinski definition) is 7. The van der Waals surface area contributed by atoms with Crippen molar-refractivity contribution in [3.8, 4) is 28.8 Å². The van der Waals surface area contributed by atoms with Crippen LogP contribution in [0.25, 0.3) is 11.3 Å². The number of likely N-dealkylation sites (tertiary alicyclic amines) is 1. The zero-order valence-electron chi connectivity index (χ0n) is 17.8. The monoisotopic (exact) mass is 423 g/mol. The van der Waals surface area contributed by atoms with E-state index in [4.69, 9.17) is 14.2 Å². The highest BCUT2D eigenvalue weighted by molar-refractivity contribution is 5.94. The van der Waals surface area contributed by atoms with Crippen molar-refractivity contribution >= 4 is 5.91 Å². The number of benzene rings is 1.